The maximum Gasteiger partial charge on any atom is 0.420 e. The van der Waals surface area contributed by atoms with Crippen LogP contribution in [0.2, 0.25) is 0 Å². The average Bonchev–Trinajstić information content (AvgIpc) is 3.12. The van der Waals surface area contributed by atoms with Gasteiger partial charge < -0.3 is 9.30 Å². The lowest BCUT2D eigenvalue weighted by atomic mass is 9.97. The minimum atomic E-state index is -4.09. The van der Waals surface area contributed by atoms with E-state index < -0.39 is 16.1 Å². The lowest BCUT2D eigenvalue weighted by Gasteiger charge is -2.15. The van der Waals surface area contributed by atoms with Crippen molar-refractivity contribution in [3.05, 3.63) is 71.8 Å². The highest BCUT2D eigenvalue weighted by molar-refractivity contribution is 7.90. The van der Waals surface area contributed by atoms with Gasteiger partial charge in [0.1, 0.15) is 5.82 Å². The number of aryl methyl sites for hydroxylation is 1. The molecule has 0 spiro atoms. The Morgan fingerprint density at radius 1 is 1.13 bits per heavy atom. The van der Waals surface area contributed by atoms with Crippen LogP contribution in [-0.2, 0) is 27.7 Å². The largest absolute Gasteiger partial charge is 0.452 e. The lowest BCUT2D eigenvalue weighted by Crippen LogP contribution is -2.30. The van der Waals surface area contributed by atoms with Crippen molar-refractivity contribution in [3.8, 4) is 11.1 Å². The monoisotopic (exact) mass is 441 g/mol. The van der Waals surface area contributed by atoms with Gasteiger partial charge in [-0.2, -0.15) is 0 Å². The van der Waals surface area contributed by atoms with Crippen LogP contribution in [-0.4, -0.2) is 31.2 Å². The van der Waals surface area contributed by atoms with Crippen LogP contribution in [0.3, 0.4) is 0 Å². The highest BCUT2D eigenvalue weighted by atomic mass is 32.2. The first-order chi connectivity index (χ1) is 14.7. The van der Waals surface area contributed by atoms with E-state index in [-0.39, 0.29) is 4.90 Å². The minimum absolute atomic E-state index is 0.0311. The molecule has 7 nitrogen and oxygen atoms in total. The molecule has 0 saturated heterocycles. The predicted molar refractivity (Wildman–Crippen MR) is 119 cm³/mol. The van der Waals surface area contributed by atoms with Crippen LogP contribution in [0.5, 0.6) is 0 Å². The minimum Gasteiger partial charge on any atom is -0.452 e. The number of nitrogens with one attached hydrogen (secondary N) is 1. The number of hydrogen-bond acceptors (Lipinski definition) is 5. The van der Waals surface area contributed by atoms with Gasteiger partial charge in [-0.3, -0.25) is 0 Å². The Balaban J connectivity index is 2.00. The molecule has 0 fully saturated rings. The molecule has 1 heterocycles. The fraction of sp³-hybridized carbons (Fsp3) is 0.304. The maximum absolute atomic E-state index is 12.8. The average molecular weight is 442 g/mol. The van der Waals surface area contributed by atoms with E-state index in [1.807, 2.05) is 52.7 Å². The molecule has 0 unspecified atom stereocenters. The molecule has 2 aromatic carbocycles. The fourth-order valence-electron chi connectivity index (χ4n) is 3.40. The van der Waals surface area contributed by atoms with Crippen LogP contribution in [0.15, 0.2) is 59.8 Å². The summed E-state index contributed by atoms with van der Waals surface area (Å²) >= 11 is 0. The summed E-state index contributed by atoms with van der Waals surface area (Å²) in [4.78, 5) is 15.8. The Kier molecular flexibility index (Phi) is 6.80. The molecule has 0 atom stereocenters. The molecule has 0 aliphatic carbocycles. The number of rotatable bonds is 7. The normalized spacial score (nSPS) is 11.5. The van der Waals surface area contributed by atoms with Crippen LogP contribution in [0.1, 0.15) is 30.8 Å². The number of imidazole rings is 1. The zero-order chi connectivity index (χ0) is 22.6. The zero-order valence-electron chi connectivity index (χ0n) is 18.1. The SMILES string of the molecule is COC(=O)NS(=O)(=O)c1ccc(CC(C)C)cc1-c1ccc(Cn2ccnc2C)cc1. The van der Waals surface area contributed by atoms with Crippen LogP contribution in [0, 0.1) is 12.8 Å². The van der Waals surface area contributed by atoms with Crippen molar-refractivity contribution in [2.24, 2.45) is 5.92 Å². The Hall–Kier alpha value is -3.13. The summed E-state index contributed by atoms with van der Waals surface area (Å²) in [5, 5.41) is 0. The first-order valence-electron chi connectivity index (χ1n) is 10.0. The third-order valence-electron chi connectivity index (χ3n) is 4.92. The quantitative estimate of drug-likeness (QED) is 0.595. The van der Waals surface area contributed by atoms with E-state index in [1.54, 1.807) is 18.3 Å². The van der Waals surface area contributed by atoms with Crippen molar-refractivity contribution in [1.29, 1.82) is 0 Å². The third kappa shape index (κ3) is 5.52. The number of amides is 1. The molecule has 0 radical (unpaired) electrons. The van der Waals surface area contributed by atoms with Gasteiger partial charge in [-0.25, -0.2) is 22.9 Å². The molecule has 3 rings (SSSR count). The molecule has 164 valence electrons. The molecule has 1 N–H and O–H groups in total. The summed E-state index contributed by atoms with van der Waals surface area (Å²) in [7, 11) is -2.97. The number of benzene rings is 2. The highest BCUT2D eigenvalue weighted by Crippen LogP contribution is 2.30. The van der Waals surface area contributed by atoms with E-state index >= 15 is 0 Å². The van der Waals surface area contributed by atoms with Crippen LogP contribution < -0.4 is 4.72 Å². The summed E-state index contributed by atoms with van der Waals surface area (Å²) in [6, 6.07) is 12.9. The molecule has 31 heavy (non-hydrogen) atoms. The van der Waals surface area contributed by atoms with Crippen molar-refractivity contribution in [2.45, 2.75) is 38.6 Å². The van der Waals surface area contributed by atoms with Crippen LogP contribution >= 0.6 is 0 Å². The molecule has 1 aromatic heterocycles. The molecule has 0 aliphatic rings. The molecular formula is C23H27N3O4S. The number of carbonyl (C=O) groups excluding carboxylic acids is 1. The summed E-state index contributed by atoms with van der Waals surface area (Å²) < 4.78 is 34.1. The van der Waals surface area contributed by atoms with Crippen molar-refractivity contribution in [1.82, 2.24) is 14.3 Å². The van der Waals surface area contributed by atoms with Crippen molar-refractivity contribution < 1.29 is 17.9 Å². The molecule has 0 saturated carbocycles. The van der Waals surface area contributed by atoms with Gasteiger partial charge in [0.25, 0.3) is 10.0 Å². The number of sulfonamides is 1. The van der Waals surface area contributed by atoms with Crippen molar-refractivity contribution in [3.63, 3.8) is 0 Å². The number of hydrogen-bond donors (Lipinski definition) is 1. The predicted octanol–water partition coefficient (Wildman–Crippen LogP) is 4.15. The molecule has 0 bridgehead atoms. The Labute approximate surface area is 183 Å². The number of aromatic nitrogens is 2. The van der Waals surface area contributed by atoms with Crippen LogP contribution in [0.25, 0.3) is 11.1 Å². The van der Waals surface area contributed by atoms with E-state index in [2.05, 4.69) is 23.6 Å². The first-order valence-corrected chi connectivity index (χ1v) is 11.5. The summed E-state index contributed by atoms with van der Waals surface area (Å²) in [5.74, 6) is 1.34. The van der Waals surface area contributed by atoms with E-state index in [9.17, 15) is 13.2 Å². The van der Waals surface area contributed by atoms with Gasteiger partial charge in [0.05, 0.1) is 12.0 Å². The van der Waals surface area contributed by atoms with Crippen molar-refractivity contribution >= 4 is 16.1 Å². The summed E-state index contributed by atoms with van der Waals surface area (Å²) in [6.45, 7) is 6.83. The Morgan fingerprint density at radius 3 is 2.39 bits per heavy atom. The Morgan fingerprint density at radius 2 is 1.81 bits per heavy atom. The van der Waals surface area contributed by atoms with Crippen molar-refractivity contribution in [2.75, 3.05) is 7.11 Å². The highest BCUT2D eigenvalue weighted by Gasteiger charge is 2.23. The van der Waals surface area contributed by atoms with Gasteiger partial charge in [-0.15, -0.1) is 0 Å². The van der Waals surface area contributed by atoms with E-state index in [0.717, 1.165) is 36.0 Å². The molecule has 8 heteroatoms. The molecule has 1 amide bonds. The first kappa shape index (κ1) is 22.6. The summed E-state index contributed by atoms with van der Waals surface area (Å²) in [5.41, 5.74) is 3.39. The van der Waals surface area contributed by atoms with E-state index in [0.29, 0.717) is 18.0 Å². The second-order valence-corrected chi connectivity index (χ2v) is 9.48. The number of nitrogens with zero attached hydrogens (tertiary/aromatic N) is 2. The molecule has 3 aromatic rings. The lowest BCUT2D eigenvalue weighted by molar-refractivity contribution is 0.177. The van der Waals surface area contributed by atoms with Gasteiger partial charge in [-0.1, -0.05) is 44.2 Å². The fourth-order valence-corrected chi connectivity index (χ4v) is 4.53. The number of methoxy groups -OCH3 is 1. The second-order valence-electron chi connectivity index (χ2n) is 7.82. The molecular weight excluding hydrogens is 414 g/mol. The van der Waals surface area contributed by atoms with E-state index in [4.69, 9.17) is 0 Å². The standard InChI is InChI=1S/C23H27N3O4S/c1-16(2)13-19-7-10-22(31(28,29)25-23(27)30-4)21(14-19)20-8-5-18(6-9-20)15-26-12-11-24-17(26)3/h5-12,14,16H,13,15H2,1-4H3,(H,25,27). The molecule has 0 aliphatic heterocycles. The van der Waals surface area contributed by atoms with Crippen LogP contribution in [0.4, 0.5) is 4.79 Å². The van der Waals surface area contributed by atoms with Gasteiger partial charge >= 0.3 is 6.09 Å². The van der Waals surface area contributed by atoms with Gasteiger partial charge in [0.15, 0.2) is 0 Å². The maximum atomic E-state index is 12.8. The topological polar surface area (TPSA) is 90.3 Å². The van der Waals surface area contributed by atoms with Gasteiger partial charge in [-0.05, 0) is 48.1 Å². The second kappa shape index (κ2) is 9.34. The van der Waals surface area contributed by atoms with Gasteiger partial charge in [0.2, 0.25) is 0 Å². The number of carbonyl (C=O) groups is 1. The summed E-state index contributed by atoms with van der Waals surface area (Å²) in [6.07, 6.45) is 3.47. The third-order valence-corrected chi connectivity index (χ3v) is 6.29. The van der Waals surface area contributed by atoms with Gasteiger partial charge in [0, 0.05) is 24.5 Å². The number of ether oxygens (including phenoxy) is 1. The van der Waals surface area contributed by atoms with E-state index in [1.165, 1.54) is 0 Å². The zero-order valence-corrected chi connectivity index (χ0v) is 18.9. The Bertz CT molecular complexity index is 1170. The smallest absolute Gasteiger partial charge is 0.420 e.